The Labute approximate surface area is 160 Å². The van der Waals surface area contributed by atoms with E-state index in [0.29, 0.717) is 23.2 Å². The molecule has 5 heteroatoms. The Bertz CT molecular complexity index is 547. The molecule has 4 nitrogen and oxygen atoms in total. The minimum absolute atomic E-state index is 0.0253. The average Bonchev–Trinajstić information content (AvgIpc) is 2.59. The summed E-state index contributed by atoms with van der Waals surface area (Å²) in [5, 5.41) is 9.06. The molecule has 1 rings (SSSR count). The third-order valence-corrected chi connectivity index (χ3v) is 11.2. The van der Waals surface area contributed by atoms with E-state index in [1.165, 1.54) is 0 Å². The normalized spacial score (nSPS) is 12.6. The highest BCUT2D eigenvalue weighted by Gasteiger charge is 2.45. The molecule has 0 aliphatic heterocycles. The van der Waals surface area contributed by atoms with Crippen LogP contribution in [0.4, 0.5) is 0 Å². The molecule has 0 aliphatic carbocycles. The first-order chi connectivity index (χ1) is 12.2. The summed E-state index contributed by atoms with van der Waals surface area (Å²) in [5.74, 6) is 1.44. The molecule has 1 N–H and O–H groups in total. The number of aliphatic hydroxyl groups excluding tert-OH is 1. The van der Waals surface area contributed by atoms with Gasteiger partial charge in [-0.1, -0.05) is 47.6 Å². The van der Waals surface area contributed by atoms with Gasteiger partial charge in [-0.05, 0) is 40.4 Å². The minimum Gasteiger partial charge on any atom is -0.496 e. The van der Waals surface area contributed by atoms with E-state index in [1.807, 2.05) is 18.2 Å². The van der Waals surface area contributed by atoms with Gasteiger partial charge >= 0.3 is 0 Å². The van der Waals surface area contributed by atoms with Crippen LogP contribution in [0.3, 0.4) is 0 Å². The van der Waals surface area contributed by atoms with Crippen LogP contribution >= 0.6 is 0 Å². The van der Waals surface area contributed by atoms with Crippen LogP contribution in [0.2, 0.25) is 16.6 Å². The zero-order valence-electron chi connectivity index (χ0n) is 17.6. The van der Waals surface area contributed by atoms with E-state index in [0.717, 1.165) is 22.6 Å². The van der Waals surface area contributed by atoms with Gasteiger partial charge in [-0.2, -0.15) is 0 Å². The van der Waals surface area contributed by atoms with Gasteiger partial charge in [0.05, 0.1) is 33.0 Å². The molecule has 0 saturated heterocycles. The van der Waals surface area contributed by atoms with Gasteiger partial charge in [0.2, 0.25) is 8.32 Å². The summed E-state index contributed by atoms with van der Waals surface area (Å²) in [4.78, 5) is 0. The number of hydrogen-bond acceptors (Lipinski definition) is 4. The average molecular weight is 381 g/mol. The molecule has 0 radical (unpaired) electrons. The Morgan fingerprint density at radius 2 is 1.38 bits per heavy atom. The summed E-state index contributed by atoms with van der Waals surface area (Å²) < 4.78 is 17.8. The Hall–Kier alpha value is -1.30. The van der Waals surface area contributed by atoms with Crippen molar-refractivity contribution < 1.29 is 19.0 Å². The summed E-state index contributed by atoms with van der Waals surface area (Å²) in [6.07, 6.45) is 3.49. The van der Waals surface area contributed by atoms with Crippen molar-refractivity contribution in [2.24, 2.45) is 0 Å². The lowest BCUT2D eigenvalue weighted by atomic mass is 10.1. The van der Waals surface area contributed by atoms with Gasteiger partial charge in [0.25, 0.3) is 0 Å². The van der Waals surface area contributed by atoms with E-state index in [4.69, 9.17) is 19.0 Å². The van der Waals surface area contributed by atoms with Crippen LogP contribution in [0.1, 0.15) is 52.7 Å². The molecule has 0 saturated carbocycles. The van der Waals surface area contributed by atoms with Crippen molar-refractivity contribution in [1.29, 1.82) is 0 Å². The number of ether oxygens (including phenoxy) is 2. The Balaban J connectivity index is 3.22. The topological polar surface area (TPSA) is 47.9 Å². The van der Waals surface area contributed by atoms with Crippen molar-refractivity contribution in [1.82, 2.24) is 0 Å². The highest BCUT2D eigenvalue weighted by molar-refractivity contribution is 6.77. The standard InChI is InChI=1S/C21H36O4Si/c1-15(2)26(16(3)4,17(5)6)25-14-18-12-20(23-7)19(10-9-11-22)21(13-18)24-8/h9-10,12-13,15-17,22H,11,14H2,1-8H3/b10-9+. The summed E-state index contributed by atoms with van der Waals surface area (Å²) in [6, 6.07) is 4.00. The zero-order valence-corrected chi connectivity index (χ0v) is 18.6. The predicted octanol–water partition coefficient (Wildman–Crippen LogP) is 5.40. The van der Waals surface area contributed by atoms with Crippen LogP contribution < -0.4 is 9.47 Å². The first kappa shape index (κ1) is 22.7. The molecule has 1 aromatic carbocycles. The van der Waals surface area contributed by atoms with Crippen molar-refractivity contribution >= 4 is 14.4 Å². The first-order valence-electron chi connectivity index (χ1n) is 9.40. The van der Waals surface area contributed by atoms with Crippen molar-refractivity contribution in [3.8, 4) is 11.5 Å². The number of methoxy groups -OCH3 is 2. The van der Waals surface area contributed by atoms with Crippen LogP contribution in [-0.2, 0) is 11.0 Å². The van der Waals surface area contributed by atoms with Gasteiger partial charge in [-0.25, -0.2) is 0 Å². The molecule has 0 aromatic heterocycles. The second-order valence-electron chi connectivity index (χ2n) is 7.61. The molecule has 26 heavy (non-hydrogen) atoms. The van der Waals surface area contributed by atoms with Crippen LogP contribution in [0.25, 0.3) is 6.08 Å². The molecule has 0 aliphatic rings. The van der Waals surface area contributed by atoms with E-state index >= 15 is 0 Å². The maximum absolute atomic E-state index is 9.06. The highest BCUT2D eigenvalue weighted by atomic mass is 28.4. The molecule has 0 unspecified atom stereocenters. The van der Waals surface area contributed by atoms with E-state index in [1.54, 1.807) is 20.3 Å². The van der Waals surface area contributed by atoms with Gasteiger partial charge in [0.15, 0.2) is 0 Å². The third kappa shape index (κ3) is 4.90. The fourth-order valence-corrected chi connectivity index (χ4v) is 9.54. The second kappa shape index (κ2) is 10.1. The molecule has 0 bridgehead atoms. The van der Waals surface area contributed by atoms with Crippen molar-refractivity contribution in [2.45, 2.75) is 64.8 Å². The smallest absolute Gasteiger partial charge is 0.200 e. The fourth-order valence-electron chi connectivity index (χ4n) is 4.12. The molecular formula is C21H36O4Si. The van der Waals surface area contributed by atoms with Gasteiger partial charge in [0, 0.05) is 0 Å². The lowest BCUT2D eigenvalue weighted by Gasteiger charge is -2.42. The predicted molar refractivity (Wildman–Crippen MR) is 112 cm³/mol. The van der Waals surface area contributed by atoms with Crippen molar-refractivity contribution in [3.05, 3.63) is 29.3 Å². The maximum Gasteiger partial charge on any atom is 0.200 e. The molecular weight excluding hydrogens is 344 g/mol. The number of benzene rings is 1. The monoisotopic (exact) mass is 380 g/mol. The summed E-state index contributed by atoms with van der Waals surface area (Å²) in [6.45, 7) is 14.3. The largest absolute Gasteiger partial charge is 0.496 e. The summed E-state index contributed by atoms with van der Waals surface area (Å²) in [5.41, 5.74) is 3.49. The first-order valence-corrected chi connectivity index (χ1v) is 11.5. The molecule has 0 fully saturated rings. The third-order valence-electron chi connectivity index (χ3n) is 5.19. The van der Waals surface area contributed by atoms with Gasteiger partial charge < -0.3 is 19.0 Å². The lowest BCUT2D eigenvalue weighted by molar-refractivity contribution is 0.264. The zero-order chi connectivity index (χ0) is 19.9. The van der Waals surface area contributed by atoms with Crippen LogP contribution in [0.5, 0.6) is 11.5 Å². The lowest BCUT2D eigenvalue weighted by Crippen LogP contribution is -2.47. The molecule has 148 valence electrons. The van der Waals surface area contributed by atoms with Crippen LogP contribution in [0.15, 0.2) is 18.2 Å². The summed E-state index contributed by atoms with van der Waals surface area (Å²) >= 11 is 0. The van der Waals surface area contributed by atoms with E-state index in [9.17, 15) is 0 Å². The van der Waals surface area contributed by atoms with Crippen molar-refractivity contribution in [3.63, 3.8) is 0 Å². The number of aliphatic hydroxyl groups is 1. The van der Waals surface area contributed by atoms with Crippen LogP contribution in [0, 0.1) is 0 Å². The quantitative estimate of drug-likeness (QED) is 0.552. The number of hydrogen-bond donors (Lipinski definition) is 1. The van der Waals surface area contributed by atoms with Crippen LogP contribution in [-0.4, -0.2) is 34.3 Å². The molecule has 0 heterocycles. The van der Waals surface area contributed by atoms with E-state index < -0.39 is 8.32 Å². The Kier molecular flexibility index (Phi) is 8.87. The second-order valence-corrected chi connectivity index (χ2v) is 13.1. The number of rotatable bonds is 10. The maximum atomic E-state index is 9.06. The molecule has 0 amide bonds. The molecule has 1 aromatic rings. The SMILES string of the molecule is COc1cc(CO[Si](C(C)C)(C(C)C)C(C)C)cc(OC)c1/C=C/CO. The van der Waals surface area contributed by atoms with Gasteiger partial charge in [-0.15, -0.1) is 0 Å². The fraction of sp³-hybridized carbons (Fsp3) is 0.619. The van der Waals surface area contributed by atoms with E-state index in [2.05, 4.69) is 41.5 Å². The van der Waals surface area contributed by atoms with Gasteiger partial charge in [-0.3, -0.25) is 0 Å². The highest BCUT2D eigenvalue weighted by Crippen LogP contribution is 2.43. The van der Waals surface area contributed by atoms with Gasteiger partial charge in [0.1, 0.15) is 11.5 Å². The van der Waals surface area contributed by atoms with E-state index in [-0.39, 0.29) is 6.61 Å². The van der Waals surface area contributed by atoms with Crippen molar-refractivity contribution in [2.75, 3.05) is 20.8 Å². The summed E-state index contributed by atoms with van der Waals surface area (Å²) in [7, 11) is 1.36. The minimum atomic E-state index is -1.93. The molecule has 0 spiro atoms. The Morgan fingerprint density at radius 1 is 0.923 bits per heavy atom. The molecule has 0 atom stereocenters. The Morgan fingerprint density at radius 3 is 1.73 bits per heavy atom.